The Labute approximate surface area is 148 Å². The van der Waals surface area contributed by atoms with E-state index in [1.807, 2.05) is 0 Å². The van der Waals surface area contributed by atoms with Crippen molar-refractivity contribution >= 4 is 5.96 Å². The van der Waals surface area contributed by atoms with Gasteiger partial charge in [0.15, 0.2) is 5.96 Å². The van der Waals surface area contributed by atoms with E-state index in [-0.39, 0.29) is 12.2 Å². The van der Waals surface area contributed by atoms with E-state index in [1.165, 1.54) is 25.7 Å². The van der Waals surface area contributed by atoms with Crippen LogP contribution in [0.4, 0.5) is 0 Å². The lowest BCUT2D eigenvalue weighted by Gasteiger charge is -2.37. The van der Waals surface area contributed by atoms with Gasteiger partial charge in [0.25, 0.3) is 0 Å². The first kappa shape index (κ1) is 19.5. The predicted octanol–water partition coefficient (Wildman–Crippen LogP) is 3.05. The van der Waals surface area contributed by atoms with Crippen LogP contribution in [0.15, 0.2) is 4.99 Å². The molecule has 0 aliphatic carbocycles. The minimum atomic E-state index is 0.187. The van der Waals surface area contributed by atoms with Crippen molar-refractivity contribution in [2.24, 2.45) is 10.9 Å². The van der Waals surface area contributed by atoms with Gasteiger partial charge in [-0.1, -0.05) is 33.1 Å². The molecule has 2 heterocycles. The predicted molar refractivity (Wildman–Crippen MR) is 99.6 cm³/mol. The molecule has 0 aromatic heterocycles. The molecule has 0 radical (unpaired) electrons. The van der Waals surface area contributed by atoms with Crippen LogP contribution >= 0.6 is 0 Å². The first-order chi connectivity index (χ1) is 11.8. The number of nitrogens with zero attached hydrogens (tertiary/aromatic N) is 2. The molecule has 24 heavy (non-hydrogen) atoms. The summed E-state index contributed by atoms with van der Waals surface area (Å²) >= 11 is 0. The van der Waals surface area contributed by atoms with Crippen LogP contribution in [0, 0.1) is 5.92 Å². The molecule has 0 amide bonds. The highest BCUT2D eigenvalue weighted by Gasteiger charge is 2.32. The van der Waals surface area contributed by atoms with Gasteiger partial charge >= 0.3 is 0 Å². The third-order valence-corrected chi connectivity index (χ3v) is 5.15. The van der Waals surface area contributed by atoms with Crippen LogP contribution in [0.2, 0.25) is 0 Å². The molecule has 140 valence electrons. The van der Waals surface area contributed by atoms with Crippen LogP contribution in [0.3, 0.4) is 0 Å². The topological polar surface area (TPSA) is 46.1 Å². The third kappa shape index (κ3) is 5.92. The Morgan fingerprint density at radius 2 is 2.04 bits per heavy atom. The fourth-order valence-electron chi connectivity index (χ4n) is 3.55. The quantitative estimate of drug-likeness (QED) is 0.545. The first-order valence-corrected chi connectivity index (χ1v) is 10.0. The standard InChI is InChI=1S/C19H37N3O2/c1-4-7-9-16(5-2)14-21-19(20-6-3)22-11-13-24-18(15-22)17-10-8-12-23-17/h16-18H,4-15H2,1-3H3,(H,20,21). The summed E-state index contributed by atoms with van der Waals surface area (Å²) in [5, 5.41) is 3.48. The van der Waals surface area contributed by atoms with Gasteiger partial charge in [-0.3, -0.25) is 4.99 Å². The summed E-state index contributed by atoms with van der Waals surface area (Å²) < 4.78 is 11.8. The van der Waals surface area contributed by atoms with E-state index in [0.29, 0.717) is 5.92 Å². The Bertz CT molecular complexity index is 370. The van der Waals surface area contributed by atoms with Crippen LogP contribution in [0.25, 0.3) is 0 Å². The maximum absolute atomic E-state index is 5.97. The summed E-state index contributed by atoms with van der Waals surface area (Å²) in [5.74, 6) is 1.76. The zero-order valence-electron chi connectivity index (χ0n) is 15.9. The van der Waals surface area contributed by atoms with E-state index in [4.69, 9.17) is 14.5 Å². The van der Waals surface area contributed by atoms with Crippen LogP contribution in [-0.2, 0) is 9.47 Å². The largest absolute Gasteiger partial charge is 0.375 e. The molecule has 0 bridgehead atoms. The van der Waals surface area contributed by atoms with Crippen molar-refractivity contribution in [3.63, 3.8) is 0 Å². The van der Waals surface area contributed by atoms with Crippen molar-refractivity contribution in [2.45, 2.75) is 71.5 Å². The lowest BCUT2D eigenvalue weighted by molar-refractivity contribution is -0.0817. The van der Waals surface area contributed by atoms with Crippen molar-refractivity contribution in [1.29, 1.82) is 0 Å². The van der Waals surface area contributed by atoms with E-state index in [0.717, 1.165) is 58.2 Å². The lowest BCUT2D eigenvalue weighted by atomic mass is 10.00. The normalized spacial score (nSPS) is 26.6. The van der Waals surface area contributed by atoms with Crippen molar-refractivity contribution in [2.75, 3.05) is 39.4 Å². The van der Waals surface area contributed by atoms with Gasteiger partial charge < -0.3 is 19.7 Å². The van der Waals surface area contributed by atoms with Gasteiger partial charge in [0.05, 0.1) is 12.7 Å². The number of hydrogen-bond donors (Lipinski definition) is 1. The second-order valence-electron chi connectivity index (χ2n) is 7.02. The highest BCUT2D eigenvalue weighted by atomic mass is 16.5. The fraction of sp³-hybridized carbons (Fsp3) is 0.947. The number of guanidine groups is 1. The Kier molecular flexibility index (Phi) is 8.89. The van der Waals surface area contributed by atoms with Crippen molar-refractivity contribution < 1.29 is 9.47 Å². The zero-order valence-corrected chi connectivity index (χ0v) is 15.9. The van der Waals surface area contributed by atoms with E-state index in [9.17, 15) is 0 Å². The number of nitrogens with one attached hydrogen (secondary N) is 1. The van der Waals surface area contributed by atoms with Gasteiger partial charge in [0, 0.05) is 32.8 Å². The molecule has 0 aromatic rings. The summed E-state index contributed by atoms with van der Waals surface area (Å²) in [7, 11) is 0. The van der Waals surface area contributed by atoms with E-state index in [2.05, 4.69) is 31.0 Å². The van der Waals surface area contributed by atoms with Crippen LogP contribution in [0.1, 0.15) is 59.3 Å². The molecule has 2 saturated heterocycles. The van der Waals surface area contributed by atoms with Crippen LogP contribution < -0.4 is 5.32 Å². The number of aliphatic imine (C=N–C) groups is 1. The summed E-state index contributed by atoms with van der Waals surface area (Å²) in [5.41, 5.74) is 0. The average molecular weight is 340 g/mol. The molecule has 2 fully saturated rings. The smallest absolute Gasteiger partial charge is 0.194 e. The second-order valence-corrected chi connectivity index (χ2v) is 7.02. The van der Waals surface area contributed by atoms with Gasteiger partial charge in [-0.25, -0.2) is 0 Å². The second kappa shape index (κ2) is 10.9. The number of ether oxygens (including phenoxy) is 2. The molecule has 0 spiro atoms. The molecule has 3 unspecified atom stereocenters. The molecule has 2 rings (SSSR count). The summed E-state index contributed by atoms with van der Waals surface area (Å²) in [4.78, 5) is 7.32. The van der Waals surface area contributed by atoms with Crippen LogP contribution in [-0.4, -0.2) is 62.5 Å². The first-order valence-electron chi connectivity index (χ1n) is 10.0. The molecular formula is C19H37N3O2. The van der Waals surface area contributed by atoms with Gasteiger partial charge in [-0.2, -0.15) is 0 Å². The molecule has 0 aromatic carbocycles. The summed E-state index contributed by atoms with van der Waals surface area (Å²) in [6.07, 6.45) is 7.82. The van der Waals surface area contributed by atoms with E-state index < -0.39 is 0 Å². The minimum Gasteiger partial charge on any atom is -0.375 e. The summed E-state index contributed by atoms with van der Waals surface area (Å²) in [6.45, 7) is 12.0. The van der Waals surface area contributed by atoms with Gasteiger partial charge in [-0.15, -0.1) is 0 Å². The Morgan fingerprint density at radius 1 is 1.21 bits per heavy atom. The fourth-order valence-corrected chi connectivity index (χ4v) is 3.55. The highest BCUT2D eigenvalue weighted by molar-refractivity contribution is 5.80. The molecule has 3 atom stereocenters. The van der Waals surface area contributed by atoms with Crippen molar-refractivity contribution in [3.05, 3.63) is 0 Å². The molecule has 0 saturated carbocycles. The maximum atomic E-state index is 5.97. The molecule has 1 N–H and O–H groups in total. The zero-order chi connectivity index (χ0) is 17.2. The van der Waals surface area contributed by atoms with E-state index in [1.54, 1.807) is 0 Å². The maximum Gasteiger partial charge on any atom is 0.194 e. The molecule has 5 heteroatoms. The molecule has 2 aliphatic heterocycles. The van der Waals surface area contributed by atoms with Gasteiger partial charge in [0.1, 0.15) is 6.10 Å². The average Bonchev–Trinajstić information content (AvgIpc) is 3.15. The lowest BCUT2D eigenvalue weighted by Crippen LogP contribution is -2.53. The molecule has 5 nitrogen and oxygen atoms in total. The van der Waals surface area contributed by atoms with Crippen molar-refractivity contribution in [1.82, 2.24) is 10.2 Å². The van der Waals surface area contributed by atoms with Gasteiger partial charge in [0.2, 0.25) is 0 Å². The highest BCUT2D eigenvalue weighted by Crippen LogP contribution is 2.21. The van der Waals surface area contributed by atoms with Crippen molar-refractivity contribution in [3.8, 4) is 0 Å². The number of hydrogen-bond acceptors (Lipinski definition) is 3. The number of unbranched alkanes of at least 4 members (excludes halogenated alkanes) is 1. The van der Waals surface area contributed by atoms with Gasteiger partial charge in [-0.05, 0) is 32.1 Å². The molecular weight excluding hydrogens is 302 g/mol. The monoisotopic (exact) mass is 339 g/mol. The van der Waals surface area contributed by atoms with Crippen LogP contribution in [0.5, 0.6) is 0 Å². The SMILES string of the molecule is CCCCC(CC)CN=C(NCC)N1CCOC(C2CCCO2)C1. The minimum absolute atomic E-state index is 0.187. The Balaban J connectivity index is 1.93. The van der Waals surface area contributed by atoms with E-state index >= 15 is 0 Å². The summed E-state index contributed by atoms with van der Waals surface area (Å²) in [6, 6.07) is 0. The number of rotatable bonds is 8. The molecule has 2 aliphatic rings. The third-order valence-electron chi connectivity index (χ3n) is 5.15. The Hall–Kier alpha value is -0.810. The Morgan fingerprint density at radius 3 is 2.71 bits per heavy atom. The number of morpholine rings is 1.